The quantitative estimate of drug-likeness (QED) is 0.433. The van der Waals surface area contributed by atoms with Gasteiger partial charge in [-0.15, -0.1) is 0 Å². The average molecular weight is 477 g/mol. The first-order valence-corrected chi connectivity index (χ1v) is 13.0. The second kappa shape index (κ2) is 9.62. The Balaban J connectivity index is 1.19. The number of nitrogens with two attached hydrogens (primary N) is 1. The number of nitrogens with zero attached hydrogens (tertiary/aromatic N) is 5. The zero-order valence-electron chi connectivity index (χ0n) is 20.5. The SMILES string of the molecule is COc1cc(CN2CCNCC2)ccc1Cn1ncc2nc(N)nc(NCC3CC(C4CC4)C3)c21. The molecule has 3 aliphatic rings. The topological polar surface area (TPSA) is 106 Å². The van der Waals surface area contributed by atoms with Gasteiger partial charge in [-0.3, -0.25) is 9.58 Å². The highest BCUT2D eigenvalue weighted by molar-refractivity contribution is 5.86. The van der Waals surface area contributed by atoms with Crippen molar-refractivity contribution in [3.05, 3.63) is 35.5 Å². The van der Waals surface area contributed by atoms with Crippen LogP contribution in [0, 0.1) is 17.8 Å². The fraction of sp³-hybridized carbons (Fsp3) is 0.577. The minimum Gasteiger partial charge on any atom is -0.496 e. The largest absolute Gasteiger partial charge is 0.496 e. The smallest absolute Gasteiger partial charge is 0.222 e. The molecule has 2 saturated carbocycles. The van der Waals surface area contributed by atoms with Crippen molar-refractivity contribution in [2.45, 2.75) is 38.8 Å². The maximum absolute atomic E-state index is 6.02. The van der Waals surface area contributed by atoms with Crippen LogP contribution in [0.5, 0.6) is 5.75 Å². The molecule has 0 spiro atoms. The van der Waals surface area contributed by atoms with Gasteiger partial charge in [-0.25, -0.2) is 4.98 Å². The standard InChI is InChI=1S/C26H36N8O/c1-35-23-12-17(15-33-8-6-28-7-9-33)2-3-20(23)16-34-24-22(14-30-34)31-26(27)32-25(24)29-13-18-10-21(11-18)19-4-5-19/h2-3,12,14,18-19,21,28H,4-11,13,15-16H2,1H3,(H3,27,29,31,32). The lowest BCUT2D eigenvalue weighted by molar-refractivity contribution is 0.179. The van der Waals surface area contributed by atoms with Gasteiger partial charge in [-0.1, -0.05) is 12.1 Å². The Kier molecular flexibility index (Phi) is 6.20. The number of hydrogen-bond donors (Lipinski definition) is 3. The number of piperazine rings is 1. The summed E-state index contributed by atoms with van der Waals surface area (Å²) < 4.78 is 7.74. The number of fused-ring (bicyclic) bond motifs is 1. The summed E-state index contributed by atoms with van der Waals surface area (Å²) in [6.45, 7) is 6.68. The fourth-order valence-electron chi connectivity index (χ4n) is 5.71. The average Bonchev–Trinajstić information content (AvgIpc) is 3.59. The molecule has 186 valence electrons. The summed E-state index contributed by atoms with van der Waals surface area (Å²) in [5, 5.41) is 11.6. The van der Waals surface area contributed by atoms with Crippen molar-refractivity contribution in [2.24, 2.45) is 17.8 Å². The normalized spacial score (nSPS) is 22.8. The molecule has 2 aliphatic carbocycles. The zero-order chi connectivity index (χ0) is 23.8. The van der Waals surface area contributed by atoms with E-state index in [9.17, 15) is 0 Å². The molecule has 0 unspecified atom stereocenters. The van der Waals surface area contributed by atoms with Crippen LogP contribution in [0.1, 0.15) is 36.8 Å². The third-order valence-electron chi connectivity index (χ3n) is 7.91. The predicted molar refractivity (Wildman–Crippen MR) is 137 cm³/mol. The monoisotopic (exact) mass is 476 g/mol. The van der Waals surface area contributed by atoms with E-state index < -0.39 is 0 Å². The van der Waals surface area contributed by atoms with Crippen LogP contribution in [-0.4, -0.2) is 64.5 Å². The van der Waals surface area contributed by atoms with Crippen molar-refractivity contribution in [3.8, 4) is 5.75 Å². The molecule has 3 heterocycles. The van der Waals surface area contributed by atoms with E-state index >= 15 is 0 Å². The van der Waals surface area contributed by atoms with Crippen LogP contribution in [0.3, 0.4) is 0 Å². The number of methoxy groups -OCH3 is 1. The van der Waals surface area contributed by atoms with Gasteiger partial charge in [0.25, 0.3) is 0 Å². The lowest BCUT2D eigenvalue weighted by atomic mass is 9.72. The Morgan fingerprint density at radius 2 is 1.94 bits per heavy atom. The highest BCUT2D eigenvalue weighted by atomic mass is 16.5. The second-order valence-corrected chi connectivity index (χ2v) is 10.5. The molecule has 4 N–H and O–H groups in total. The summed E-state index contributed by atoms with van der Waals surface area (Å²) in [5.41, 5.74) is 10.0. The molecule has 1 saturated heterocycles. The molecule has 0 radical (unpaired) electrons. The number of aromatic nitrogens is 4. The van der Waals surface area contributed by atoms with Crippen molar-refractivity contribution in [3.63, 3.8) is 0 Å². The van der Waals surface area contributed by atoms with Crippen molar-refractivity contribution in [2.75, 3.05) is 50.9 Å². The highest BCUT2D eigenvalue weighted by Gasteiger charge is 2.39. The minimum absolute atomic E-state index is 0.277. The van der Waals surface area contributed by atoms with E-state index in [2.05, 4.69) is 48.8 Å². The van der Waals surface area contributed by atoms with Gasteiger partial charge in [0.15, 0.2) is 5.82 Å². The van der Waals surface area contributed by atoms with E-state index in [1.54, 1.807) is 13.3 Å². The van der Waals surface area contributed by atoms with E-state index in [-0.39, 0.29) is 5.95 Å². The second-order valence-electron chi connectivity index (χ2n) is 10.5. The molecular formula is C26H36N8O. The number of nitrogens with one attached hydrogen (secondary N) is 2. The van der Waals surface area contributed by atoms with Crippen LogP contribution < -0.4 is 21.1 Å². The molecule has 9 nitrogen and oxygen atoms in total. The molecule has 1 aromatic carbocycles. The molecular weight excluding hydrogens is 440 g/mol. The van der Waals surface area contributed by atoms with E-state index in [1.807, 2.05) is 4.68 Å². The van der Waals surface area contributed by atoms with Crippen LogP contribution in [-0.2, 0) is 13.1 Å². The van der Waals surface area contributed by atoms with Gasteiger partial charge in [-0.2, -0.15) is 10.1 Å². The van der Waals surface area contributed by atoms with Crippen LogP contribution in [0.25, 0.3) is 11.0 Å². The summed E-state index contributed by atoms with van der Waals surface area (Å²) in [7, 11) is 1.74. The number of nitrogen functional groups attached to an aromatic ring is 1. The number of ether oxygens (including phenoxy) is 1. The maximum Gasteiger partial charge on any atom is 0.222 e. The van der Waals surface area contributed by atoms with Crippen molar-refractivity contribution >= 4 is 22.8 Å². The Bertz CT molecular complexity index is 1180. The van der Waals surface area contributed by atoms with Gasteiger partial charge >= 0.3 is 0 Å². The molecule has 0 amide bonds. The minimum atomic E-state index is 0.277. The molecule has 35 heavy (non-hydrogen) atoms. The summed E-state index contributed by atoms with van der Waals surface area (Å²) in [5.74, 6) is 4.60. The van der Waals surface area contributed by atoms with E-state index in [1.165, 1.54) is 31.2 Å². The Morgan fingerprint density at radius 3 is 2.71 bits per heavy atom. The molecule has 0 atom stereocenters. The predicted octanol–water partition coefficient (Wildman–Crippen LogP) is 2.72. The van der Waals surface area contributed by atoms with Crippen LogP contribution in [0.2, 0.25) is 0 Å². The molecule has 1 aliphatic heterocycles. The highest BCUT2D eigenvalue weighted by Crippen LogP contribution is 2.49. The first-order chi connectivity index (χ1) is 17.2. The van der Waals surface area contributed by atoms with Crippen molar-refractivity contribution in [1.29, 1.82) is 0 Å². The maximum atomic E-state index is 6.02. The van der Waals surface area contributed by atoms with Gasteiger partial charge in [-0.05, 0) is 55.1 Å². The Hall–Kier alpha value is -2.91. The Labute approximate surface area is 206 Å². The molecule has 2 aromatic heterocycles. The molecule has 3 aromatic rings. The van der Waals surface area contributed by atoms with Gasteiger partial charge in [0.05, 0.1) is 19.9 Å². The van der Waals surface area contributed by atoms with E-state index in [0.29, 0.717) is 12.5 Å². The van der Waals surface area contributed by atoms with E-state index in [4.69, 9.17) is 10.5 Å². The number of hydrogen-bond acceptors (Lipinski definition) is 8. The van der Waals surface area contributed by atoms with Gasteiger partial charge in [0.2, 0.25) is 5.95 Å². The summed E-state index contributed by atoms with van der Waals surface area (Å²) in [6.07, 6.45) is 7.31. The number of rotatable bonds is 9. The van der Waals surface area contributed by atoms with Gasteiger partial charge in [0, 0.05) is 44.8 Å². The molecule has 6 rings (SSSR count). The van der Waals surface area contributed by atoms with Crippen LogP contribution in [0.4, 0.5) is 11.8 Å². The van der Waals surface area contributed by atoms with Crippen molar-refractivity contribution in [1.82, 2.24) is 30.0 Å². The van der Waals surface area contributed by atoms with Crippen LogP contribution >= 0.6 is 0 Å². The third-order valence-corrected chi connectivity index (χ3v) is 7.91. The van der Waals surface area contributed by atoms with E-state index in [0.717, 1.165) is 79.3 Å². The van der Waals surface area contributed by atoms with Gasteiger partial charge in [0.1, 0.15) is 16.8 Å². The Morgan fingerprint density at radius 1 is 1.11 bits per heavy atom. The zero-order valence-corrected chi connectivity index (χ0v) is 20.5. The first-order valence-electron chi connectivity index (χ1n) is 13.0. The third kappa shape index (κ3) is 4.92. The molecule has 0 bridgehead atoms. The fourth-order valence-corrected chi connectivity index (χ4v) is 5.71. The van der Waals surface area contributed by atoms with Gasteiger partial charge < -0.3 is 21.1 Å². The molecule has 9 heteroatoms. The summed E-state index contributed by atoms with van der Waals surface area (Å²) in [4.78, 5) is 11.4. The van der Waals surface area contributed by atoms with Crippen molar-refractivity contribution < 1.29 is 4.74 Å². The number of anilines is 2. The summed E-state index contributed by atoms with van der Waals surface area (Å²) in [6, 6.07) is 6.51. The first kappa shape index (κ1) is 22.5. The molecule has 3 fully saturated rings. The number of benzene rings is 1. The van der Waals surface area contributed by atoms with Crippen LogP contribution in [0.15, 0.2) is 24.4 Å². The lowest BCUT2D eigenvalue weighted by Gasteiger charge is -2.35. The summed E-state index contributed by atoms with van der Waals surface area (Å²) >= 11 is 0. The lowest BCUT2D eigenvalue weighted by Crippen LogP contribution is -2.42.